The lowest BCUT2D eigenvalue weighted by atomic mass is 9.82. The molecule has 0 heterocycles. The van der Waals surface area contributed by atoms with Crippen LogP contribution in [0.1, 0.15) is 44.4 Å². The Labute approximate surface area is 127 Å². The van der Waals surface area contributed by atoms with Crippen molar-refractivity contribution in [3.8, 4) is 5.75 Å². The maximum Gasteiger partial charge on any atom is 0.119 e. The molecule has 0 bridgehead atoms. The van der Waals surface area contributed by atoms with Gasteiger partial charge in [-0.1, -0.05) is 63.2 Å². The Morgan fingerprint density at radius 1 is 1.00 bits per heavy atom. The van der Waals surface area contributed by atoms with E-state index in [0.29, 0.717) is 0 Å². The van der Waals surface area contributed by atoms with Gasteiger partial charge in [-0.25, -0.2) is 0 Å². The van der Waals surface area contributed by atoms with Crippen molar-refractivity contribution in [1.82, 2.24) is 0 Å². The second-order valence-electron chi connectivity index (χ2n) is 6.00. The lowest BCUT2D eigenvalue weighted by Crippen LogP contribution is -2.15. The molecule has 0 saturated heterocycles. The zero-order chi connectivity index (χ0) is 15.3. The van der Waals surface area contributed by atoms with Crippen molar-refractivity contribution in [2.75, 3.05) is 6.61 Å². The topological polar surface area (TPSA) is 29.5 Å². The van der Waals surface area contributed by atoms with Gasteiger partial charge >= 0.3 is 0 Å². The van der Waals surface area contributed by atoms with Crippen LogP contribution in [0.5, 0.6) is 5.75 Å². The van der Waals surface area contributed by atoms with Crippen molar-refractivity contribution in [3.63, 3.8) is 0 Å². The van der Waals surface area contributed by atoms with Crippen molar-refractivity contribution in [2.45, 2.75) is 38.7 Å². The molecule has 21 heavy (non-hydrogen) atoms. The van der Waals surface area contributed by atoms with Crippen molar-refractivity contribution in [3.05, 3.63) is 65.7 Å². The van der Waals surface area contributed by atoms with Crippen LogP contribution in [0.15, 0.2) is 54.6 Å². The Hall–Kier alpha value is -1.80. The van der Waals surface area contributed by atoms with Crippen LogP contribution in [0.25, 0.3) is 0 Å². The van der Waals surface area contributed by atoms with E-state index in [9.17, 15) is 5.11 Å². The van der Waals surface area contributed by atoms with E-state index in [1.165, 1.54) is 5.56 Å². The Morgan fingerprint density at radius 3 is 2.19 bits per heavy atom. The number of hydrogen-bond acceptors (Lipinski definition) is 2. The molecule has 112 valence electrons. The highest BCUT2D eigenvalue weighted by atomic mass is 16.5. The summed E-state index contributed by atoms with van der Waals surface area (Å²) < 4.78 is 5.67. The predicted octanol–water partition coefficient (Wildman–Crippen LogP) is 4.49. The first-order valence-corrected chi connectivity index (χ1v) is 7.49. The van der Waals surface area contributed by atoms with Crippen LogP contribution in [0, 0.1) is 0 Å². The maximum absolute atomic E-state index is 10.1. The van der Waals surface area contributed by atoms with E-state index in [1.807, 2.05) is 42.5 Å². The van der Waals surface area contributed by atoms with Gasteiger partial charge in [-0.3, -0.25) is 0 Å². The third-order valence-electron chi connectivity index (χ3n) is 4.11. The number of aliphatic hydroxyl groups is 1. The summed E-state index contributed by atoms with van der Waals surface area (Å²) in [6.07, 6.45) is 0.498. The molecule has 2 heteroatoms. The van der Waals surface area contributed by atoms with Gasteiger partial charge in [0.2, 0.25) is 0 Å². The Morgan fingerprint density at radius 2 is 1.62 bits per heavy atom. The molecular weight excluding hydrogens is 260 g/mol. The van der Waals surface area contributed by atoms with E-state index in [-0.39, 0.29) is 12.0 Å². The zero-order valence-corrected chi connectivity index (χ0v) is 13.0. The normalized spacial score (nSPS) is 13.0. The fourth-order valence-corrected chi connectivity index (χ4v) is 2.15. The summed E-state index contributed by atoms with van der Waals surface area (Å²) in [5.74, 6) is 0.792. The van der Waals surface area contributed by atoms with Crippen molar-refractivity contribution in [2.24, 2.45) is 0 Å². The minimum Gasteiger partial charge on any atom is -0.491 e. The summed E-state index contributed by atoms with van der Waals surface area (Å²) >= 11 is 0. The highest BCUT2D eigenvalue weighted by Crippen LogP contribution is 2.28. The van der Waals surface area contributed by atoms with E-state index in [4.69, 9.17) is 4.74 Å². The summed E-state index contributed by atoms with van der Waals surface area (Å²) in [5.41, 5.74) is 2.37. The molecule has 1 unspecified atom stereocenters. The predicted molar refractivity (Wildman–Crippen MR) is 86.7 cm³/mol. The molecule has 1 N–H and O–H groups in total. The van der Waals surface area contributed by atoms with Crippen LogP contribution in [0.3, 0.4) is 0 Å². The second-order valence-corrected chi connectivity index (χ2v) is 6.00. The molecule has 0 radical (unpaired) electrons. The van der Waals surface area contributed by atoms with Gasteiger partial charge in [0.25, 0.3) is 0 Å². The molecule has 0 aliphatic rings. The molecular formula is C19H24O2. The smallest absolute Gasteiger partial charge is 0.119 e. The van der Waals surface area contributed by atoms with Crippen LogP contribution in [-0.2, 0) is 5.41 Å². The fraction of sp³-hybridized carbons (Fsp3) is 0.368. The first-order chi connectivity index (χ1) is 10.0. The summed E-state index contributed by atoms with van der Waals surface area (Å²) in [6.45, 7) is 6.94. The minimum absolute atomic E-state index is 0.183. The summed E-state index contributed by atoms with van der Waals surface area (Å²) in [4.78, 5) is 0. The van der Waals surface area contributed by atoms with E-state index in [0.717, 1.165) is 17.7 Å². The SMILES string of the molecule is CCC(C)(C)c1ccc(OCC(O)c2ccccc2)cc1. The average Bonchev–Trinajstić information content (AvgIpc) is 2.54. The standard InChI is InChI=1S/C19H24O2/c1-4-19(2,3)16-10-12-17(13-11-16)21-14-18(20)15-8-6-5-7-9-15/h5-13,18,20H,4,14H2,1-3H3. The Kier molecular flexibility index (Phi) is 5.03. The number of ether oxygens (including phenoxy) is 1. The largest absolute Gasteiger partial charge is 0.491 e. The third kappa shape index (κ3) is 4.08. The molecule has 2 aromatic carbocycles. The maximum atomic E-state index is 10.1. The van der Waals surface area contributed by atoms with E-state index in [1.54, 1.807) is 0 Å². The van der Waals surface area contributed by atoms with Gasteiger partial charge in [0, 0.05) is 0 Å². The number of rotatable bonds is 6. The molecule has 2 aromatic rings. The lowest BCUT2D eigenvalue weighted by molar-refractivity contribution is 0.108. The zero-order valence-electron chi connectivity index (χ0n) is 13.0. The van der Waals surface area contributed by atoms with E-state index < -0.39 is 6.10 Å². The van der Waals surface area contributed by atoms with Crippen molar-refractivity contribution < 1.29 is 9.84 Å². The quantitative estimate of drug-likeness (QED) is 0.847. The van der Waals surface area contributed by atoms with Crippen LogP contribution >= 0.6 is 0 Å². The second kappa shape index (κ2) is 6.77. The molecule has 0 saturated carbocycles. The van der Waals surface area contributed by atoms with Crippen LogP contribution in [0.2, 0.25) is 0 Å². The van der Waals surface area contributed by atoms with E-state index in [2.05, 4.69) is 32.9 Å². The minimum atomic E-state index is -0.599. The summed E-state index contributed by atoms with van der Waals surface area (Å²) in [5, 5.41) is 10.1. The van der Waals surface area contributed by atoms with Gasteiger partial charge in [0.05, 0.1) is 0 Å². The molecule has 0 spiro atoms. The monoisotopic (exact) mass is 284 g/mol. The third-order valence-corrected chi connectivity index (χ3v) is 4.11. The fourth-order valence-electron chi connectivity index (χ4n) is 2.15. The van der Waals surface area contributed by atoms with Crippen LogP contribution < -0.4 is 4.74 Å². The first kappa shape index (κ1) is 15.6. The Balaban J connectivity index is 1.95. The molecule has 0 aromatic heterocycles. The van der Waals surface area contributed by atoms with Crippen LogP contribution in [-0.4, -0.2) is 11.7 Å². The molecule has 0 fully saturated rings. The molecule has 0 amide bonds. The molecule has 1 atom stereocenters. The van der Waals surface area contributed by atoms with Gasteiger partial charge in [0.15, 0.2) is 0 Å². The highest BCUT2D eigenvalue weighted by molar-refractivity contribution is 5.31. The van der Waals surface area contributed by atoms with Crippen LogP contribution in [0.4, 0.5) is 0 Å². The molecule has 0 aliphatic carbocycles. The van der Waals surface area contributed by atoms with Crippen molar-refractivity contribution in [1.29, 1.82) is 0 Å². The van der Waals surface area contributed by atoms with Gasteiger partial charge < -0.3 is 9.84 Å². The van der Waals surface area contributed by atoms with Gasteiger partial charge in [-0.15, -0.1) is 0 Å². The van der Waals surface area contributed by atoms with E-state index >= 15 is 0 Å². The van der Waals surface area contributed by atoms with Gasteiger partial charge in [0.1, 0.15) is 18.5 Å². The number of benzene rings is 2. The average molecular weight is 284 g/mol. The number of aliphatic hydroxyl groups excluding tert-OH is 1. The lowest BCUT2D eigenvalue weighted by Gasteiger charge is -2.23. The molecule has 2 rings (SSSR count). The summed E-state index contributed by atoms with van der Waals surface area (Å²) in [7, 11) is 0. The highest BCUT2D eigenvalue weighted by Gasteiger charge is 2.17. The molecule has 0 aliphatic heterocycles. The van der Waals surface area contributed by atoms with Gasteiger partial charge in [-0.2, -0.15) is 0 Å². The van der Waals surface area contributed by atoms with Crippen molar-refractivity contribution >= 4 is 0 Å². The summed E-state index contributed by atoms with van der Waals surface area (Å²) in [6, 6.07) is 17.7. The first-order valence-electron chi connectivity index (χ1n) is 7.49. The van der Waals surface area contributed by atoms with Gasteiger partial charge in [-0.05, 0) is 35.1 Å². The number of hydrogen-bond donors (Lipinski definition) is 1. The Bertz CT molecular complexity index is 544. The molecule has 2 nitrogen and oxygen atoms in total.